The van der Waals surface area contributed by atoms with Crippen LogP contribution in [0.3, 0.4) is 0 Å². The fourth-order valence-corrected chi connectivity index (χ4v) is 2.44. The van der Waals surface area contributed by atoms with Crippen molar-refractivity contribution in [3.8, 4) is 5.75 Å². The van der Waals surface area contributed by atoms with E-state index >= 15 is 0 Å². The molecule has 5 nitrogen and oxygen atoms in total. The van der Waals surface area contributed by atoms with Crippen LogP contribution in [0.1, 0.15) is 47.4 Å². The highest BCUT2D eigenvalue weighted by atomic mass is 35.5. The van der Waals surface area contributed by atoms with E-state index in [-0.39, 0.29) is 11.8 Å². The molecule has 0 radical (unpaired) electrons. The van der Waals surface area contributed by atoms with Gasteiger partial charge in [0.25, 0.3) is 11.8 Å². The highest BCUT2D eigenvalue weighted by Crippen LogP contribution is 2.27. The second kappa shape index (κ2) is 9.82. The lowest BCUT2D eigenvalue weighted by Gasteiger charge is -2.13. The van der Waals surface area contributed by atoms with Gasteiger partial charge in [0, 0.05) is 22.7 Å². The molecule has 0 spiro atoms. The van der Waals surface area contributed by atoms with E-state index in [0.29, 0.717) is 40.7 Å². The van der Waals surface area contributed by atoms with Gasteiger partial charge in [-0.05, 0) is 55.8 Å². The molecule has 0 saturated carbocycles. The molecule has 2 amide bonds. The third kappa shape index (κ3) is 5.49. The number of ether oxygens (including phenoxy) is 1. The minimum atomic E-state index is -0.275. The number of rotatable bonds is 8. The smallest absolute Gasteiger partial charge is 0.255 e. The molecule has 0 heterocycles. The van der Waals surface area contributed by atoms with E-state index in [1.54, 1.807) is 42.5 Å². The predicted octanol–water partition coefficient (Wildman–Crippen LogP) is 4.52. The summed E-state index contributed by atoms with van der Waals surface area (Å²) in [5.74, 6) is 0.0238. The van der Waals surface area contributed by atoms with Crippen molar-refractivity contribution in [3.05, 3.63) is 58.6 Å². The van der Waals surface area contributed by atoms with Crippen LogP contribution in [0.4, 0.5) is 5.69 Å². The average Bonchev–Trinajstić information content (AvgIpc) is 2.64. The summed E-state index contributed by atoms with van der Waals surface area (Å²) in [6.07, 6.45) is 1.94. The van der Waals surface area contributed by atoms with Crippen molar-refractivity contribution in [2.75, 3.05) is 18.5 Å². The van der Waals surface area contributed by atoms with Crippen LogP contribution < -0.4 is 15.4 Å². The molecule has 2 aromatic carbocycles. The van der Waals surface area contributed by atoms with Crippen LogP contribution >= 0.6 is 11.6 Å². The van der Waals surface area contributed by atoms with Gasteiger partial charge in [0.1, 0.15) is 5.75 Å². The monoisotopic (exact) mass is 374 g/mol. The topological polar surface area (TPSA) is 67.4 Å². The Kier molecular flexibility index (Phi) is 7.48. The molecule has 2 N–H and O–H groups in total. The van der Waals surface area contributed by atoms with Crippen LogP contribution in [0.25, 0.3) is 0 Å². The molecule has 2 aromatic rings. The highest BCUT2D eigenvalue weighted by Gasteiger charge is 2.13. The van der Waals surface area contributed by atoms with Crippen LogP contribution in [0.15, 0.2) is 42.5 Å². The van der Waals surface area contributed by atoms with Gasteiger partial charge in [-0.2, -0.15) is 0 Å². The maximum absolute atomic E-state index is 12.4. The number of nitrogens with one attached hydrogen (secondary N) is 2. The van der Waals surface area contributed by atoms with E-state index in [4.69, 9.17) is 16.3 Å². The van der Waals surface area contributed by atoms with E-state index in [9.17, 15) is 9.59 Å². The van der Waals surface area contributed by atoms with Gasteiger partial charge in [0.2, 0.25) is 0 Å². The Morgan fingerprint density at radius 1 is 1.00 bits per heavy atom. The number of unbranched alkanes of at least 4 members (excludes halogenated alkanes) is 1. The zero-order chi connectivity index (χ0) is 18.9. The number of halogens is 1. The van der Waals surface area contributed by atoms with Crippen molar-refractivity contribution in [3.63, 3.8) is 0 Å². The van der Waals surface area contributed by atoms with Gasteiger partial charge < -0.3 is 15.4 Å². The zero-order valence-electron chi connectivity index (χ0n) is 15.0. The molecular formula is C20H23ClN2O3. The summed E-state index contributed by atoms with van der Waals surface area (Å²) in [6, 6.07) is 11.6. The van der Waals surface area contributed by atoms with E-state index in [0.717, 1.165) is 12.8 Å². The molecule has 0 fully saturated rings. The van der Waals surface area contributed by atoms with Crippen molar-refractivity contribution in [1.29, 1.82) is 0 Å². The minimum absolute atomic E-state index is 0.157. The summed E-state index contributed by atoms with van der Waals surface area (Å²) in [5, 5.41) is 6.24. The Morgan fingerprint density at radius 2 is 1.69 bits per heavy atom. The van der Waals surface area contributed by atoms with Crippen molar-refractivity contribution in [2.45, 2.75) is 26.7 Å². The minimum Gasteiger partial charge on any atom is -0.492 e. The molecule has 0 saturated heterocycles. The largest absolute Gasteiger partial charge is 0.492 e. The Morgan fingerprint density at radius 3 is 2.35 bits per heavy atom. The highest BCUT2D eigenvalue weighted by molar-refractivity contribution is 6.30. The molecule has 0 bridgehead atoms. The van der Waals surface area contributed by atoms with Crippen molar-refractivity contribution >= 4 is 29.1 Å². The molecule has 0 aromatic heterocycles. The normalized spacial score (nSPS) is 10.3. The molecule has 0 aliphatic carbocycles. The van der Waals surface area contributed by atoms with Crippen LogP contribution in [-0.4, -0.2) is 25.0 Å². The van der Waals surface area contributed by atoms with Crippen molar-refractivity contribution < 1.29 is 14.3 Å². The number of hydrogen-bond acceptors (Lipinski definition) is 3. The standard InChI is InChI=1S/C20H23ClN2O3/c1-3-5-12-22-19(24)15-8-11-17(18(13-15)26-4-2)23-20(25)14-6-9-16(21)10-7-14/h6-11,13H,3-5,12H2,1-2H3,(H,22,24)(H,23,25). The average molecular weight is 375 g/mol. The number of carbonyl (C=O) groups excluding carboxylic acids is 2. The Balaban J connectivity index is 2.15. The lowest BCUT2D eigenvalue weighted by atomic mass is 10.1. The second-order valence-electron chi connectivity index (χ2n) is 5.71. The fraction of sp³-hybridized carbons (Fsp3) is 0.300. The van der Waals surface area contributed by atoms with E-state index in [1.807, 2.05) is 6.92 Å². The summed E-state index contributed by atoms with van der Waals surface area (Å²) in [6.45, 7) is 4.97. The summed E-state index contributed by atoms with van der Waals surface area (Å²) in [4.78, 5) is 24.6. The van der Waals surface area contributed by atoms with E-state index in [1.165, 1.54) is 0 Å². The predicted molar refractivity (Wildman–Crippen MR) is 104 cm³/mol. The molecule has 0 unspecified atom stereocenters. The first-order valence-corrected chi connectivity index (χ1v) is 9.05. The van der Waals surface area contributed by atoms with Crippen LogP contribution in [0.5, 0.6) is 5.75 Å². The van der Waals surface area contributed by atoms with Gasteiger partial charge in [0.15, 0.2) is 0 Å². The van der Waals surface area contributed by atoms with Gasteiger partial charge >= 0.3 is 0 Å². The number of benzene rings is 2. The summed E-state index contributed by atoms with van der Waals surface area (Å²) in [7, 11) is 0. The molecular weight excluding hydrogens is 352 g/mol. The first-order valence-electron chi connectivity index (χ1n) is 8.67. The lowest BCUT2D eigenvalue weighted by molar-refractivity contribution is 0.0952. The SMILES string of the molecule is CCCCNC(=O)c1ccc(NC(=O)c2ccc(Cl)cc2)c(OCC)c1. The van der Waals surface area contributed by atoms with Crippen molar-refractivity contribution in [2.24, 2.45) is 0 Å². The lowest BCUT2D eigenvalue weighted by Crippen LogP contribution is -2.24. The second-order valence-corrected chi connectivity index (χ2v) is 6.15. The first kappa shape index (κ1) is 19.8. The quantitative estimate of drug-likeness (QED) is 0.667. The molecule has 138 valence electrons. The van der Waals surface area contributed by atoms with Crippen LogP contribution in [0, 0.1) is 0 Å². The fourth-order valence-electron chi connectivity index (χ4n) is 2.32. The van der Waals surface area contributed by atoms with Crippen LogP contribution in [0.2, 0.25) is 5.02 Å². The molecule has 26 heavy (non-hydrogen) atoms. The van der Waals surface area contributed by atoms with Crippen LogP contribution in [-0.2, 0) is 0 Å². The third-order valence-electron chi connectivity index (χ3n) is 3.71. The van der Waals surface area contributed by atoms with Gasteiger partial charge in [-0.15, -0.1) is 0 Å². The summed E-state index contributed by atoms with van der Waals surface area (Å²) < 4.78 is 5.59. The molecule has 0 atom stereocenters. The van der Waals surface area contributed by atoms with E-state index < -0.39 is 0 Å². The Hall–Kier alpha value is -2.53. The Bertz CT molecular complexity index is 760. The van der Waals surface area contributed by atoms with Gasteiger partial charge in [-0.3, -0.25) is 9.59 Å². The zero-order valence-corrected chi connectivity index (χ0v) is 15.7. The maximum atomic E-state index is 12.4. The van der Waals surface area contributed by atoms with Gasteiger partial charge in [-0.1, -0.05) is 24.9 Å². The molecule has 0 aliphatic rings. The number of anilines is 1. The van der Waals surface area contributed by atoms with Gasteiger partial charge in [0.05, 0.1) is 12.3 Å². The maximum Gasteiger partial charge on any atom is 0.255 e. The summed E-state index contributed by atoms with van der Waals surface area (Å²) >= 11 is 5.85. The molecule has 0 aliphatic heterocycles. The summed E-state index contributed by atoms with van der Waals surface area (Å²) in [5.41, 5.74) is 1.49. The van der Waals surface area contributed by atoms with Gasteiger partial charge in [-0.25, -0.2) is 0 Å². The van der Waals surface area contributed by atoms with Crippen molar-refractivity contribution in [1.82, 2.24) is 5.32 Å². The number of hydrogen-bond donors (Lipinski definition) is 2. The first-order chi connectivity index (χ1) is 12.5. The molecule has 6 heteroatoms. The Labute approximate surface area is 158 Å². The third-order valence-corrected chi connectivity index (χ3v) is 3.97. The molecule has 2 rings (SSSR count). The number of amides is 2. The number of carbonyl (C=O) groups is 2. The van der Waals surface area contributed by atoms with E-state index in [2.05, 4.69) is 17.6 Å².